The second-order valence-electron chi connectivity index (χ2n) is 7.80. The number of amides is 1. The number of carbonyl (C=O) groups excluding carboxylic acids is 1. The minimum Gasteiger partial charge on any atom is -0.305 e. The highest BCUT2D eigenvalue weighted by Crippen LogP contribution is 2.27. The Labute approximate surface area is 164 Å². The Morgan fingerprint density at radius 1 is 1.04 bits per heavy atom. The number of pyridine rings is 1. The Balaban J connectivity index is 1.81. The van der Waals surface area contributed by atoms with Crippen molar-refractivity contribution < 1.29 is 4.79 Å². The maximum absolute atomic E-state index is 12.7. The van der Waals surface area contributed by atoms with E-state index in [0.29, 0.717) is 17.3 Å². The molecule has 142 valence electrons. The van der Waals surface area contributed by atoms with Crippen LogP contribution in [-0.4, -0.2) is 20.7 Å². The van der Waals surface area contributed by atoms with Crippen LogP contribution in [0.25, 0.3) is 21.9 Å². The zero-order valence-corrected chi connectivity index (χ0v) is 16.7. The molecule has 2 aromatic heterocycles. The third-order valence-corrected chi connectivity index (χ3v) is 4.75. The van der Waals surface area contributed by atoms with Crippen LogP contribution >= 0.6 is 0 Å². The summed E-state index contributed by atoms with van der Waals surface area (Å²) in [7, 11) is 0. The fraction of sp³-hybridized carbons (Fsp3) is 0.261. The lowest BCUT2D eigenvalue weighted by molar-refractivity contribution is 0.102. The molecule has 1 amide bonds. The molecule has 0 bridgehead atoms. The number of benzene rings is 2. The summed E-state index contributed by atoms with van der Waals surface area (Å²) in [5.74, 6) is 0.803. The minimum atomic E-state index is -0.166. The number of nitrogens with one attached hydrogen (secondary N) is 1. The first-order valence-corrected chi connectivity index (χ1v) is 9.56. The molecule has 0 saturated carbocycles. The van der Waals surface area contributed by atoms with Crippen molar-refractivity contribution in [1.29, 1.82) is 0 Å². The Morgan fingerprint density at radius 2 is 1.75 bits per heavy atom. The van der Waals surface area contributed by atoms with Gasteiger partial charge in [0.15, 0.2) is 11.5 Å². The molecule has 0 saturated heterocycles. The van der Waals surface area contributed by atoms with Crippen LogP contribution in [0.4, 0.5) is 5.82 Å². The van der Waals surface area contributed by atoms with Crippen molar-refractivity contribution in [2.24, 2.45) is 5.92 Å². The van der Waals surface area contributed by atoms with E-state index in [-0.39, 0.29) is 5.91 Å². The van der Waals surface area contributed by atoms with Gasteiger partial charge in [-0.3, -0.25) is 4.79 Å². The highest BCUT2D eigenvalue weighted by Gasteiger charge is 2.17. The number of rotatable bonds is 4. The Kier molecular flexibility index (Phi) is 4.59. The van der Waals surface area contributed by atoms with Crippen molar-refractivity contribution in [1.82, 2.24) is 14.8 Å². The maximum atomic E-state index is 12.7. The fourth-order valence-corrected chi connectivity index (χ4v) is 3.33. The number of hydrogen-bond acceptors (Lipinski definition) is 3. The smallest absolute Gasteiger partial charge is 0.256 e. The lowest BCUT2D eigenvalue weighted by Gasteiger charge is -2.06. The largest absolute Gasteiger partial charge is 0.305 e. The van der Waals surface area contributed by atoms with Crippen molar-refractivity contribution in [3.8, 4) is 0 Å². The lowest BCUT2D eigenvalue weighted by Crippen LogP contribution is -2.13. The van der Waals surface area contributed by atoms with Crippen molar-refractivity contribution in [3.05, 3.63) is 65.2 Å². The molecule has 5 nitrogen and oxygen atoms in total. The highest BCUT2D eigenvalue weighted by atomic mass is 16.1. The Morgan fingerprint density at radius 3 is 2.46 bits per heavy atom. The Hall–Kier alpha value is -3.21. The van der Waals surface area contributed by atoms with Crippen molar-refractivity contribution in [2.75, 3.05) is 5.32 Å². The van der Waals surface area contributed by atoms with Crippen LogP contribution in [0.1, 0.15) is 35.3 Å². The average Bonchev–Trinajstić information content (AvgIpc) is 2.96. The summed E-state index contributed by atoms with van der Waals surface area (Å²) in [5, 5.41) is 9.57. The van der Waals surface area contributed by atoms with E-state index in [0.717, 1.165) is 34.0 Å². The molecule has 0 unspecified atom stereocenters. The van der Waals surface area contributed by atoms with Gasteiger partial charge in [-0.15, -0.1) is 0 Å². The van der Waals surface area contributed by atoms with Crippen LogP contribution in [0.2, 0.25) is 0 Å². The van der Waals surface area contributed by atoms with Gasteiger partial charge >= 0.3 is 0 Å². The molecule has 0 atom stereocenters. The predicted octanol–water partition coefficient (Wildman–Crippen LogP) is 5.11. The van der Waals surface area contributed by atoms with Gasteiger partial charge in [-0.1, -0.05) is 43.2 Å². The summed E-state index contributed by atoms with van der Waals surface area (Å²) in [5.41, 5.74) is 4.63. The molecule has 5 heteroatoms. The number of fused-ring (bicyclic) bond motifs is 2. The number of aromatic nitrogens is 3. The summed E-state index contributed by atoms with van der Waals surface area (Å²) in [6.07, 6.45) is 0. The third-order valence-electron chi connectivity index (χ3n) is 4.75. The first-order chi connectivity index (χ1) is 13.4. The molecule has 0 aliphatic rings. The van der Waals surface area contributed by atoms with Crippen LogP contribution in [0, 0.1) is 19.8 Å². The number of hydrogen-bond donors (Lipinski definition) is 1. The zero-order chi connectivity index (χ0) is 19.8. The van der Waals surface area contributed by atoms with Gasteiger partial charge in [0.2, 0.25) is 0 Å². The van der Waals surface area contributed by atoms with Gasteiger partial charge in [-0.2, -0.15) is 5.10 Å². The first kappa shape index (κ1) is 18.2. The molecule has 4 rings (SSSR count). The first-order valence-electron chi connectivity index (χ1n) is 9.56. The summed E-state index contributed by atoms with van der Waals surface area (Å²) in [6.45, 7) is 9.08. The second kappa shape index (κ2) is 7.08. The maximum Gasteiger partial charge on any atom is 0.256 e. The molecule has 0 aliphatic carbocycles. The van der Waals surface area contributed by atoms with Crippen LogP contribution < -0.4 is 5.32 Å². The van der Waals surface area contributed by atoms with Crippen molar-refractivity contribution >= 4 is 33.7 Å². The van der Waals surface area contributed by atoms with E-state index >= 15 is 0 Å². The third kappa shape index (κ3) is 3.48. The van der Waals surface area contributed by atoms with Crippen molar-refractivity contribution in [3.63, 3.8) is 0 Å². The molecule has 0 radical (unpaired) electrons. The van der Waals surface area contributed by atoms with E-state index in [9.17, 15) is 4.79 Å². The van der Waals surface area contributed by atoms with Gasteiger partial charge in [0.1, 0.15) is 0 Å². The second-order valence-corrected chi connectivity index (χ2v) is 7.80. The number of carbonyl (C=O) groups is 1. The van der Waals surface area contributed by atoms with Gasteiger partial charge in [-0.05, 0) is 50.1 Å². The molecule has 2 aromatic carbocycles. The molecule has 4 aromatic rings. The topological polar surface area (TPSA) is 59.8 Å². The molecule has 2 heterocycles. The predicted molar refractivity (Wildman–Crippen MR) is 114 cm³/mol. The average molecular weight is 372 g/mol. The van der Waals surface area contributed by atoms with Gasteiger partial charge in [0.25, 0.3) is 5.91 Å². The molecule has 0 aliphatic heterocycles. The van der Waals surface area contributed by atoms with E-state index in [1.807, 2.05) is 41.9 Å². The molecule has 1 N–H and O–H groups in total. The standard InChI is InChI=1S/C23H24N4O/c1-14(2)13-27-22-19(12-18-11-16(4)7-10-20(18)24-22)21(26-27)25-23(28)17-8-5-15(3)6-9-17/h5-12,14H,13H2,1-4H3,(H,25,26,28). The highest BCUT2D eigenvalue weighted by molar-refractivity contribution is 6.08. The molecule has 0 fully saturated rings. The van der Waals surface area contributed by atoms with Gasteiger partial charge < -0.3 is 5.32 Å². The number of nitrogens with zero attached hydrogens (tertiary/aromatic N) is 3. The molecular formula is C23H24N4O. The lowest BCUT2D eigenvalue weighted by atomic mass is 10.1. The van der Waals surface area contributed by atoms with Gasteiger partial charge in [0.05, 0.1) is 10.9 Å². The SMILES string of the molecule is Cc1ccc(C(=O)Nc2nn(CC(C)C)c3nc4ccc(C)cc4cc23)cc1. The molecular weight excluding hydrogens is 348 g/mol. The number of aryl methyl sites for hydroxylation is 2. The van der Waals surface area contributed by atoms with E-state index in [1.54, 1.807) is 0 Å². The van der Waals surface area contributed by atoms with E-state index in [1.165, 1.54) is 5.56 Å². The van der Waals surface area contributed by atoms with Gasteiger partial charge in [0, 0.05) is 17.5 Å². The van der Waals surface area contributed by atoms with E-state index in [2.05, 4.69) is 49.4 Å². The zero-order valence-electron chi connectivity index (χ0n) is 16.7. The molecule has 28 heavy (non-hydrogen) atoms. The van der Waals surface area contributed by atoms with Crippen molar-refractivity contribution in [2.45, 2.75) is 34.2 Å². The van der Waals surface area contributed by atoms with Crippen LogP contribution in [-0.2, 0) is 6.54 Å². The minimum absolute atomic E-state index is 0.166. The summed E-state index contributed by atoms with van der Waals surface area (Å²) in [4.78, 5) is 17.6. The van der Waals surface area contributed by atoms with E-state index < -0.39 is 0 Å². The number of anilines is 1. The summed E-state index contributed by atoms with van der Waals surface area (Å²) >= 11 is 0. The Bertz CT molecular complexity index is 1170. The van der Waals surface area contributed by atoms with Crippen LogP contribution in [0.5, 0.6) is 0 Å². The van der Waals surface area contributed by atoms with Gasteiger partial charge in [-0.25, -0.2) is 9.67 Å². The normalized spacial score (nSPS) is 11.5. The monoisotopic (exact) mass is 372 g/mol. The van der Waals surface area contributed by atoms with Crippen LogP contribution in [0.15, 0.2) is 48.5 Å². The van der Waals surface area contributed by atoms with E-state index in [4.69, 9.17) is 4.98 Å². The summed E-state index contributed by atoms with van der Waals surface area (Å²) < 4.78 is 1.89. The summed E-state index contributed by atoms with van der Waals surface area (Å²) in [6, 6.07) is 15.8. The fourth-order valence-electron chi connectivity index (χ4n) is 3.33. The molecule has 0 spiro atoms. The van der Waals surface area contributed by atoms with Crippen LogP contribution in [0.3, 0.4) is 0 Å². The quantitative estimate of drug-likeness (QED) is 0.541.